The van der Waals surface area contributed by atoms with E-state index in [1.54, 1.807) is 22.8 Å². The lowest BCUT2D eigenvalue weighted by molar-refractivity contribution is 0.330. The molecule has 0 unspecified atom stereocenters. The Balaban J connectivity index is 1.51. The van der Waals surface area contributed by atoms with Gasteiger partial charge in [0.1, 0.15) is 11.5 Å². The van der Waals surface area contributed by atoms with Crippen molar-refractivity contribution in [1.82, 2.24) is 19.9 Å². The van der Waals surface area contributed by atoms with Gasteiger partial charge in [-0.3, -0.25) is 4.57 Å². The van der Waals surface area contributed by atoms with Crippen LogP contribution in [-0.2, 0) is 5.75 Å². The fourth-order valence-electron chi connectivity index (χ4n) is 3.43. The lowest BCUT2D eigenvalue weighted by Gasteiger charge is -2.22. The number of H-pyrrole nitrogens is 1. The predicted octanol–water partition coefficient (Wildman–Crippen LogP) is 5.33. The molecule has 9 heteroatoms. The van der Waals surface area contributed by atoms with Gasteiger partial charge in [0, 0.05) is 17.7 Å². The molecular weight excluding hydrogens is 407 g/mol. The predicted molar refractivity (Wildman–Crippen MR) is 106 cm³/mol. The van der Waals surface area contributed by atoms with Crippen LogP contribution in [0.25, 0.3) is 11.3 Å². The van der Waals surface area contributed by atoms with Crippen LogP contribution in [0.5, 0.6) is 0 Å². The number of rotatable bonds is 5. The third kappa shape index (κ3) is 3.95. The van der Waals surface area contributed by atoms with Crippen molar-refractivity contribution >= 4 is 35.0 Å². The average Bonchev–Trinajstić information content (AvgIpc) is 3.27. The molecule has 27 heavy (non-hydrogen) atoms. The molecule has 2 aromatic heterocycles. The van der Waals surface area contributed by atoms with E-state index in [9.17, 15) is 4.79 Å². The van der Waals surface area contributed by atoms with Crippen molar-refractivity contribution in [2.75, 3.05) is 0 Å². The number of halogens is 2. The molecular formula is C18H18Cl2N4O2S. The largest absolute Gasteiger partial charge is 0.360 e. The lowest BCUT2D eigenvalue weighted by Crippen LogP contribution is -2.24. The first-order valence-electron chi connectivity index (χ1n) is 8.83. The molecule has 1 aliphatic rings. The van der Waals surface area contributed by atoms with E-state index in [1.807, 2.05) is 6.07 Å². The molecule has 0 spiro atoms. The third-order valence-electron chi connectivity index (χ3n) is 4.73. The van der Waals surface area contributed by atoms with E-state index in [0.717, 1.165) is 25.7 Å². The summed E-state index contributed by atoms with van der Waals surface area (Å²) in [6.45, 7) is 0. The number of nitrogens with zero attached hydrogens (tertiary/aromatic N) is 3. The Kier molecular flexibility index (Phi) is 5.61. The molecule has 1 fully saturated rings. The van der Waals surface area contributed by atoms with Crippen molar-refractivity contribution in [3.05, 3.63) is 50.6 Å². The minimum Gasteiger partial charge on any atom is -0.360 e. The molecule has 1 aromatic carbocycles. The van der Waals surface area contributed by atoms with Crippen LogP contribution in [0.2, 0.25) is 10.0 Å². The van der Waals surface area contributed by atoms with Crippen molar-refractivity contribution in [3.63, 3.8) is 0 Å². The topological polar surface area (TPSA) is 76.7 Å². The second-order valence-corrected chi connectivity index (χ2v) is 8.29. The zero-order valence-corrected chi connectivity index (χ0v) is 16.8. The molecule has 142 valence electrons. The van der Waals surface area contributed by atoms with Crippen LogP contribution < -0.4 is 5.69 Å². The highest BCUT2D eigenvalue weighted by Gasteiger charge is 2.22. The van der Waals surface area contributed by atoms with E-state index in [-0.39, 0.29) is 11.7 Å². The second kappa shape index (κ2) is 8.12. The minimum absolute atomic E-state index is 0.148. The summed E-state index contributed by atoms with van der Waals surface area (Å²) in [6.07, 6.45) is 5.57. The van der Waals surface area contributed by atoms with E-state index >= 15 is 0 Å². The molecule has 3 aromatic rings. The van der Waals surface area contributed by atoms with Gasteiger partial charge in [0.2, 0.25) is 0 Å². The Morgan fingerprint density at radius 1 is 1.22 bits per heavy atom. The van der Waals surface area contributed by atoms with Crippen LogP contribution in [0.3, 0.4) is 0 Å². The van der Waals surface area contributed by atoms with Crippen LogP contribution in [-0.4, -0.2) is 19.9 Å². The fraction of sp³-hybridized carbons (Fsp3) is 0.389. The van der Waals surface area contributed by atoms with Crippen LogP contribution in [0.1, 0.15) is 43.9 Å². The fourth-order valence-corrected chi connectivity index (χ4v) is 4.91. The van der Waals surface area contributed by atoms with Crippen molar-refractivity contribution in [1.29, 1.82) is 0 Å². The third-order valence-corrected chi connectivity index (χ3v) is 6.34. The summed E-state index contributed by atoms with van der Waals surface area (Å²) >= 11 is 13.9. The molecule has 1 N–H and O–H groups in total. The second-order valence-electron chi connectivity index (χ2n) is 6.54. The number of aromatic amines is 1. The molecule has 6 nitrogen and oxygen atoms in total. The first kappa shape index (κ1) is 18.7. The van der Waals surface area contributed by atoms with Gasteiger partial charge in [0.25, 0.3) is 0 Å². The molecule has 0 aliphatic heterocycles. The van der Waals surface area contributed by atoms with Crippen LogP contribution in [0.4, 0.5) is 0 Å². The van der Waals surface area contributed by atoms with Gasteiger partial charge in [-0.2, -0.15) is 0 Å². The van der Waals surface area contributed by atoms with E-state index < -0.39 is 0 Å². The smallest absolute Gasteiger partial charge is 0.344 e. The Morgan fingerprint density at radius 3 is 2.70 bits per heavy atom. The number of hydrogen-bond acceptors (Lipinski definition) is 5. The molecule has 1 saturated carbocycles. The Bertz CT molecular complexity index is 971. The van der Waals surface area contributed by atoms with Gasteiger partial charge in [-0.05, 0) is 25.0 Å². The molecule has 4 rings (SSSR count). The van der Waals surface area contributed by atoms with E-state index in [2.05, 4.69) is 15.4 Å². The maximum absolute atomic E-state index is 12.2. The maximum Gasteiger partial charge on any atom is 0.344 e. The first-order chi connectivity index (χ1) is 13.1. The zero-order chi connectivity index (χ0) is 18.8. The van der Waals surface area contributed by atoms with Crippen molar-refractivity contribution < 1.29 is 4.52 Å². The number of nitrogens with one attached hydrogen (secondary N) is 1. The summed E-state index contributed by atoms with van der Waals surface area (Å²) in [6, 6.07) is 7.35. The number of hydrogen-bond donors (Lipinski definition) is 1. The quantitative estimate of drug-likeness (QED) is 0.559. The van der Waals surface area contributed by atoms with Crippen molar-refractivity contribution in [3.8, 4) is 11.3 Å². The van der Waals surface area contributed by atoms with Gasteiger partial charge in [0.15, 0.2) is 5.16 Å². The maximum atomic E-state index is 12.2. The Morgan fingerprint density at radius 2 is 1.96 bits per heavy atom. The normalized spacial score (nSPS) is 15.3. The number of thioether (sulfide) groups is 1. The summed E-state index contributed by atoms with van der Waals surface area (Å²) in [5, 5.41) is 12.6. The SMILES string of the molecule is O=c1[nH]nc(SCc2cc(-c3c(Cl)cccc3Cl)no2)n1C1CCCCC1. The summed E-state index contributed by atoms with van der Waals surface area (Å²) in [7, 11) is 0. The van der Waals surface area contributed by atoms with Crippen LogP contribution >= 0.6 is 35.0 Å². The Labute approximate surface area is 170 Å². The summed E-state index contributed by atoms with van der Waals surface area (Å²) in [5.74, 6) is 1.17. The summed E-state index contributed by atoms with van der Waals surface area (Å²) in [4.78, 5) is 12.2. The van der Waals surface area contributed by atoms with Crippen LogP contribution in [0, 0.1) is 0 Å². The monoisotopic (exact) mass is 424 g/mol. The highest BCUT2D eigenvalue weighted by atomic mass is 35.5. The Hall–Kier alpha value is -1.70. The summed E-state index contributed by atoms with van der Waals surface area (Å²) in [5.41, 5.74) is 1.10. The minimum atomic E-state index is -0.148. The molecule has 1 aliphatic carbocycles. The van der Waals surface area contributed by atoms with Gasteiger partial charge < -0.3 is 4.52 Å². The molecule has 2 heterocycles. The van der Waals surface area contributed by atoms with Gasteiger partial charge >= 0.3 is 5.69 Å². The average molecular weight is 425 g/mol. The van der Waals surface area contributed by atoms with Gasteiger partial charge in [-0.25, -0.2) is 9.89 Å². The standard InChI is InChI=1S/C18H18Cl2N4O2S/c19-13-7-4-8-14(20)16(13)15-9-12(26-23-15)10-27-18-22-21-17(25)24(18)11-5-2-1-3-6-11/h4,7-9,11H,1-3,5-6,10H2,(H,21,25). The highest BCUT2D eigenvalue weighted by molar-refractivity contribution is 7.98. The highest BCUT2D eigenvalue weighted by Crippen LogP contribution is 2.35. The molecule has 0 amide bonds. The summed E-state index contributed by atoms with van der Waals surface area (Å²) < 4.78 is 7.21. The van der Waals surface area contributed by atoms with Crippen molar-refractivity contribution in [2.24, 2.45) is 0 Å². The lowest BCUT2D eigenvalue weighted by atomic mass is 9.95. The van der Waals surface area contributed by atoms with Gasteiger partial charge in [-0.15, -0.1) is 5.10 Å². The molecule has 0 saturated heterocycles. The van der Waals surface area contributed by atoms with Gasteiger partial charge in [-0.1, -0.05) is 65.4 Å². The number of aromatic nitrogens is 4. The van der Waals surface area contributed by atoms with E-state index in [1.165, 1.54) is 18.2 Å². The van der Waals surface area contributed by atoms with Crippen LogP contribution in [0.15, 0.2) is 38.7 Å². The molecule has 0 bridgehead atoms. The number of benzene rings is 1. The van der Waals surface area contributed by atoms with Crippen molar-refractivity contribution in [2.45, 2.75) is 49.1 Å². The molecule has 0 atom stereocenters. The first-order valence-corrected chi connectivity index (χ1v) is 10.6. The molecule has 0 radical (unpaired) electrons. The van der Waals surface area contributed by atoms with E-state index in [4.69, 9.17) is 27.7 Å². The van der Waals surface area contributed by atoms with Gasteiger partial charge in [0.05, 0.1) is 15.8 Å². The van der Waals surface area contributed by atoms with E-state index in [0.29, 0.717) is 38.0 Å². The zero-order valence-electron chi connectivity index (χ0n) is 14.5.